The molecule has 8 heteroatoms. The Bertz CT molecular complexity index is 991. The van der Waals surface area contributed by atoms with Gasteiger partial charge in [0, 0.05) is 29.9 Å². The summed E-state index contributed by atoms with van der Waals surface area (Å²) < 4.78 is 10.7. The number of carbonyl (C=O) groups is 1. The minimum atomic E-state index is -0.874. The number of benzene rings is 2. The zero-order valence-electron chi connectivity index (χ0n) is 16.1. The van der Waals surface area contributed by atoms with Crippen molar-refractivity contribution in [2.45, 2.75) is 13.0 Å². The van der Waals surface area contributed by atoms with Crippen LogP contribution in [0, 0.1) is 0 Å². The van der Waals surface area contributed by atoms with E-state index in [2.05, 4.69) is 15.3 Å². The Hall–Kier alpha value is -3.55. The van der Waals surface area contributed by atoms with Crippen LogP contribution in [0.2, 0.25) is 0 Å². The molecule has 0 saturated heterocycles. The fraction of sp³-hybridized carbons (Fsp3) is 0.250. The van der Waals surface area contributed by atoms with Gasteiger partial charge in [-0.2, -0.15) is 0 Å². The third-order valence-corrected chi connectivity index (χ3v) is 4.62. The zero-order chi connectivity index (χ0) is 20.3. The summed E-state index contributed by atoms with van der Waals surface area (Å²) in [6, 6.07) is 10.5. The van der Waals surface area contributed by atoms with Gasteiger partial charge in [-0.15, -0.1) is 0 Å². The largest absolute Gasteiger partial charge is 0.493 e. The van der Waals surface area contributed by atoms with E-state index < -0.39 is 12.0 Å². The number of likely N-dealkylation sites (N-methyl/N-ethyl adjacent to an activating group) is 1. The molecule has 0 aliphatic heterocycles. The molecule has 0 aliphatic carbocycles. The first kappa shape index (κ1) is 19.2. The van der Waals surface area contributed by atoms with Crippen molar-refractivity contribution in [1.82, 2.24) is 9.97 Å². The van der Waals surface area contributed by atoms with Crippen molar-refractivity contribution in [3.05, 3.63) is 42.7 Å². The zero-order valence-corrected chi connectivity index (χ0v) is 16.1. The predicted octanol–water partition coefficient (Wildman–Crippen LogP) is 3.30. The van der Waals surface area contributed by atoms with Crippen LogP contribution in [-0.4, -0.2) is 48.4 Å². The molecule has 1 atom stereocenters. The van der Waals surface area contributed by atoms with Gasteiger partial charge in [-0.05, 0) is 37.3 Å². The molecule has 0 fully saturated rings. The standard InChI is InChI=1S/C20H22N4O4/c1-12(20(25)26)24(2)14-7-5-13(6-8-14)23-19-15-9-17(27-3)18(28-4)10-16(15)21-11-22-19/h5-12H,1-4H3,(H,25,26)(H,21,22,23). The molecule has 1 heterocycles. The highest BCUT2D eigenvalue weighted by Crippen LogP contribution is 2.34. The summed E-state index contributed by atoms with van der Waals surface area (Å²) in [6.45, 7) is 1.64. The number of carboxylic acid groups (broad SMARTS) is 1. The molecule has 3 aromatic rings. The monoisotopic (exact) mass is 382 g/mol. The lowest BCUT2D eigenvalue weighted by molar-refractivity contribution is -0.138. The molecule has 146 valence electrons. The number of hydrogen-bond donors (Lipinski definition) is 2. The quantitative estimate of drug-likeness (QED) is 0.642. The number of hydrogen-bond acceptors (Lipinski definition) is 7. The minimum absolute atomic E-state index is 0.590. The molecule has 8 nitrogen and oxygen atoms in total. The normalized spacial score (nSPS) is 11.7. The summed E-state index contributed by atoms with van der Waals surface area (Å²) in [5.41, 5.74) is 2.34. The van der Waals surface area contributed by atoms with E-state index >= 15 is 0 Å². The molecule has 3 rings (SSSR count). The fourth-order valence-corrected chi connectivity index (χ4v) is 2.79. The van der Waals surface area contributed by atoms with Crippen LogP contribution < -0.4 is 19.7 Å². The van der Waals surface area contributed by atoms with E-state index in [1.54, 1.807) is 39.2 Å². The van der Waals surface area contributed by atoms with Gasteiger partial charge in [0.2, 0.25) is 0 Å². The first-order chi connectivity index (χ1) is 13.4. The molecule has 0 radical (unpaired) electrons. The second-order valence-corrected chi connectivity index (χ2v) is 6.24. The lowest BCUT2D eigenvalue weighted by atomic mass is 10.2. The number of aromatic nitrogens is 2. The van der Waals surface area contributed by atoms with Crippen molar-refractivity contribution in [2.75, 3.05) is 31.5 Å². The molecule has 0 amide bonds. The fourth-order valence-electron chi connectivity index (χ4n) is 2.79. The number of anilines is 3. The van der Waals surface area contributed by atoms with Crippen molar-refractivity contribution in [3.8, 4) is 11.5 Å². The van der Waals surface area contributed by atoms with Crippen molar-refractivity contribution in [1.29, 1.82) is 0 Å². The second-order valence-electron chi connectivity index (χ2n) is 6.24. The van der Waals surface area contributed by atoms with Crippen LogP contribution in [-0.2, 0) is 4.79 Å². The van der Waals surface area contributed by atoms with Crippen molar-refractivity contribution < 1.29 is 19.4 Å². The van der Waals surface area contributed by atoms with Gasteiger partial charge in [-0.3, -0.25) is 0 Å². The van der Waals surface area contributed by atoms with Crippen LogP contribution in [0.3, 0.4) is 0 Å². The van der Waals surface area contributed by atoms with Crippen LogP contribution >= 0.6 is 0 Å². The van der Waals surface area contributed by atoms with Gasteiger partial charge in [0.15, 0.2) is 11.5 Å². The highest BCUT2D eigenvalue weighted by atomic mass is 16.5. The highest BCUT2D eigenvalue weighted by molar-refractivity contribution is 5.93. The average Bonchev–Trinajstić information content (AvgIpc) is 2.72. The Labute approximate surface area is 162 Å². The van der Waals surface area contributed by atoms with Crippen molar-refractivity contribution in [3.63, 3.8) is 0 Å². The average molecular weight is 382 g/mol. The lowest BCUT2D eigenvalue weighted by Crippen LogP contribution is -2.35. The Kier molecular flexibility index (Phi) is 5.49. The molecule has 2 N–H and O–H groups in total. The van der Waals surface area contributed by atoms with E-state index in [9.17, 15) is 4.79 Å². The third-order valence-electron chi connectivity index (χ3n) is 4.62. The Morgan fingerprint density at radius 3 is 2.36 bits per heavy atom. The number of aliphatic carboxylic acids is 1. The number of nitrogens with zero attached hydrogens (tertiary/aromatic N) is 3. The summed E-state index contributed by atoms with van der Waals surface area (Å²) in [4.78, 5) is 21.5. The van der Waals surface area contributed by atoms with E-state index in [1.807, 2.05) is 30.3 Å². The smallest absolute Gasteiger partial charge is 0.326 e. The first-order valence-electron chi connectivity index (χ1n) is 8.64. The van der Waals surface area contributed by atoms with Crippen LogP contribution in [0.4, 0.5) is 17.2 Å². The maximum Gasteiger partial charge on any atom is 0.326 e. The first-order valence-corrected chi connectivity index (χ1v) is 8.64. The summed E-state index contributed by atoms with van der Waals surface area (Å²) in [7, 11) is 4.90. The number of ether oxygens (including phenoxy) is 2. The van der Waals surface area contributed by atoms with E-state index in [0.29, 0.717) is 17.3 Å². The second kappa shape index (κ2) is 7.99. The number of rotatable bonds is 7. The molecule has 1 unspecified atom stereocenters. The molecule has 0 aliphatic rings. The van der Waals surface area contributed by atoms with Crippen LogP contribution in [0.15, 0.2) is 42.7 Å². The number of fused-ring (bicyclic) bond motifs is 1. The maximum atomic E-state index is 11.2. The van der Waals surface area contributed by atoms with Gasteiger partial charge in [0.25, 0.3) is 0 Å². The SMILES string of the molecule is COc1cc2ncnc(Nc3ccc(N(C)C(C)C(=O)O)cc3)c2cc1OC. The third kappa shape index (κ3) is 3.75. The topological polar surface area (TPSA) is 96.8 Å². The molecule has 28 heavy (non-hydrogen) atoms. The lowest BCUT2D eigenvalue weighted by Gasteiger charge is -2.23. The van der Waals surface area contributed by atoms with E-state index in [-0.39, 0.29) is 0 Å². The maximum absolute atomic E-state index is 11.2. The summed E-state index contributed by atoms with van der Waals surface area (Å²) in [6.07, 6.45) is 1.48. The van der Waals surface area contributed by atoms with Gasteiger partial charge in [-0.1, -0.05) is 0 Å². The summed E-state index contributed by atoms with van der Waals surface area (Å²) >= 11 is 0. The molecular weight excluding hydrogens is 360 g/mol. The van der Waals surface area contributed by atoms with Gasteiger partial charge in [0.1, 0.15) is 18.2 Å². The molecule has 0 saturated carbocycles. The van der Waals surface area contributed by atoms with Gasteiger partial charge in [-0.25, -0.2) is 14.8 Å². The van der Waals surface area contributed by atoms with E-state index in [0.717, 1.165) is 22.3 Å². The molecule has 1 aromatic heterocycles. The van der Waals surface area contributed by atoms with Crippen molar-refractivity contribution in [2.24, 2.45) is 0 Å². The van der Waals surface area contributed by atoms with Crippen LogP contribution in [0.5, 0.6) is 11.5 Å². The van der Waals surface area contributed by atoms with Gasteiger partial charge >= 0.3 is 5.97 Å². The molecule has 2 aromatic carbocycles. The Morgan fingerprint density at radius 1 is 1.11 bits per heavy atom. The molecule has 0 bridgehead atoms. The molecule has 0 spiro atoms. The van der Waals surface area contributed by atoms with E-state index in [4.69, 9.17) is 14.6 Å². The Morgan fingerprint density at radius 2 is 1.75 bits per heavy atom. The van der Waals surface area contributed by atoms with Crippen LogP contribution in [0.25, 0.3) is 10.9 Å². The number of nitrogens with one attached hydrogen (secondary N) is 1. The van der Waals surface area contributed by atoms with Gasteiger partial charge in [0.05, 0.1) is 19.7 Å². The number of methoxy groups -OCH3 is 2. The highest BCUT2D eigenvalue weighted by Gasteiger charge is 2.17. The summed E-state index contributed by atoms with van der Waals surface area (Å²) in [5, 5.41) is 13.2. The van der Waals surface area contributed by atoms with Crippen molar-refractivity contribution >= 4 is 34.1 Å². The summed E-state index contributed by atoms with van der Waals surface area (Å²) in [5.74, 6) is 0.944. The van der Waals surface area contributed by atoms with Gasteiger partial charge < -0.3 is 24.8 Å². The van der Waals surface area contributed by atoms with E-state index in [1.165, 1.54) is 6.33 Å². The predicted molar refractivity (Wildman–Crippen MR) is 108 cm³/mol. The Balaban J connectivity index is 1.89. The number of carboxylic acids is 1. The minimum Gasteiger partial charge on any atom is -0.493 e. The van der Waals surface area contributed by atoms with Crippen LogP contribution in [0.1, 0.15) is 6.92 Å². The molecular formula is C20H22N4O4.